The molecule has 0 radical (unpaired) electrons. The van der Waals surface area contributed by atoms with Crippen molar-refractivity contribution in [2.45, 2.75) is 45.4 Å². The Morgan fingerprint density at radius 1 is 0.850 bits per heavy atom. The van der Waals surface area contributed by atoms with Crippen molar-refractivity contribution >= 4 is 0 Å². The number of aromatic nitrogens is 2. The van der Waals surface area contributed by atoms with E-state index in [1.54, 1.807) is 0 Å². The van der Waals surface area contributed by atoms with Crippen molar-refractivity contribution in [3.63, 3.8) is 0 Å². The van der Waals surface area contributed by atoms with Gasteiger partial charge in [0.25, 0.3) is 0 Å². The predicted molar refractivity (Wildman–Crippen MR) is 83.5 cm³/mol. The zero-order valence-electron chi connectivity index (χ0n) is 12.3. The van der Waals surface area contributed by atoms with Crippen LogP contribution in [-0.4, -0.2) is 9.97 Å². The summed E-state index contributed by atoms with van der Waals surface area (Å²) in [6.07, 6.45) is 15.1. The van der Waals surface area contributed by atoms with Gasteiger partial charge in [-0.25, -0.2) is 0 Å². The molecule has 0 aromatic carbocycles. The summed E-state index contributed by atoms with van der Waals surface area (Å²) < 4.78 is 0. The fourth-order valence-corrected chi connectivity index (χ4v) is 2.55. The van der Waals surface area contributed by atoms with E-state index in [2.05, 4.69) is 29.0 Å². The lowest BCUT2D eigenvalue weighted by atomic mass is 9.96. The molecule has 0 aliphatic carbocycles. The minimum absolute atomic E-state index is 0.809. The van der Waals surface area contributed by atoms with E-state index in [4.69, 9.17) is 0 Å². The summed E-state index contributed by atoms with van der Waals surface area (Å²) in [6.45, 7) is 2.37. The second-order valence-corrected chi connectivity index (χ2v) is 5.61. The second-order valence-electron chi connectivity index (χ2n) is 5.61. The van der Waals surface area contributed by atoms with Crippen LogP contribution in [0.1, 0.15) is 43.7 Å². The third kappa shape index (κ3) is 5.52. The minimum Gasteiger partial charge on any atom is -0.264 e. The Morgan fingerprint density at radius 3 is 1.75 bits per heavy atom. The average Bonchev–Trinajstić information content (AvgIpc) is 2.49. The van der Waals surface area contributed by atoms with Crippen LogP contribution in [0.3, 0.4) is 0 Å². The van der Waals surface area contributed by atoms with Crippen molar-refractivity contribution in [3.8, 4) is 0 Å². The maximum absolute atomic E-state index is 4.16. The van der Waals surface area contributed by atoms with Crippen molar-refractivity contribution in [1.29, 1.82) is 0 Å². The maximum atomic E-state index is 4.16. The van der Waals surface area contributed by atoms with E-state index >= 15 is 0 Å². The van der Waals surface area contributed by atoms with Crippen molar-refractivity contribution in [1.82, 2.24) is 9.97 Å². The number of hydrogen-bond acceptors (Lipinski definition) is 2. The molecule has 2 heteroatoms. The van der Waals surface area contributed by atoms with Gasteiger partial charge >= 0.3 is 0 Å². The van der Waals surface area contributed by atoms with Gasteiger partial charge in [-0.15, -0.1) is 0 Å². The van der Waals surface area contributed by atoms with Crippen LogP contribution in [0, 0.1) is 5.92 Å². The van der Waals surface area contributed by atoms with Gasteiger partial charge in [-0.2, -0.15) is 0 Å². The summed E-state index contributed by atoms with van der Waals surface area (Å²) in [5.41, 5.74) is 2.71. The average molecular weight is 268 g/mol. The molecule has 0 amide bonds. The fourth-order valence-electron chi connectivity index (χ4n) is 2.55. The van der Waals surface area contributed by atoms with Crippen LogP contribution >= 0.6 is 0 Å². The maximum Gasteiger partial charge on any atom is 0.0299 e. The van der Waals surface area contributed by atoms with Gasteiger partial charge in [-0.3, -0.25) is 9.97 Å². The lowest BCUT2D eigenvalue weighted by Gasteiger charge is -2.11. The molecule has 0 spiro atoms. The van der Waals surface area contributed by atoms with E-state index in [0.29, 0.717) is 0 Å². The highest BCUT2D eigenvalue weighted by Crippen LogP contribution is 2.16. The number of pyridine rings is 2. The van der Waals surface area contributed by atoms with Crippen LogP contribution in [-0.2, 0) is 12.8 Å². The highest BCUT2D eigenvalue weighted by molar-refractivity contribution is 5.09. The molecule has 0 aliphatic rings. The molecule has 0 atom stereocenters. The Hall–Kier alpha value is -1.70. The summed E-state index contributed by atoms with van der Waals surface area (Å²) >= 11 is 0. The lowest BCUT2D eigenvalue weighted by Crippen LogP contribution is -1.98. The summed E-state index contributed by atoms with van der Waals surface area (Å²) in [5.74, 6) is 0.809. The molecular formula is C18H24N2. The molecule has 0 bridgehead atoms. The summed E-state index contributed by atoms with van der Waals surface area (Å²) in [4.78, 5) is 8.32. The zero-order valence-corrected chi connectivity index (χ0v) is 12.3. The fraction of sp³-hybridized carbons (Fsp3) is 0.444. The standard InChI is InChI=1S/C18H24N2/c1-16(6-2-8-17-10-4-12-19-14-17)7-3-9-18-11-5-13-20-15-18/h4-5,10-16H,2-3,6-9H2,1H3. The normalized spacial score (nSPS) is 10.9. The van der Waals surface area contributed by atoms with Gasteiger partial charge in [0.1, 0.15) is 0 Å². The molecule has 0 saturated heterocycles. The first-order chi connectivity index (χ1) is 9.84. The van der Waals surface area contributed by atoms with Crippen molar-refractivity contribution in [2.24, 2.45) is 5.92 Å². The molecule has 0 saturated carbocycles. The van der Waals surface area contributed by atoms with Crippen LogP contribution in [0.4, 0.5) is 0 Å². The first kappa shape index (κ1) is 14.7. The Kier molecular flexibility index (Phi) is 6.22. The molecule has 20 heavy (non-hydrogen) atoms. The molecule has 106 valence electrons. The van der Waals surface area contributed by atoms with E-state index in [9.17, 15) is 0 Å². The highest BCUT2D eigenvalue weighted by Gasteiger charge is 2.03. The van der Waals surface area contributed by atoms with E-state index in [1.165, 1.54) is 36.8 Å². The van der Waals surface area contributed by atoms with Crippen molar-refractivity contribution in [2.75, 3.05) is 0 Å². The van der Waals surface area contributed by atoms with E-state index in [-0.39, 0.29) is 0 Å². The molecular weight excluding hydrogens is 244 g/mol. The van der Waals surface area contributed by atoms with Gasteiger partial charge in [0.2, 0.25) is 0 Å². The highest BCUT2D eigenvalue weighted by atomic mass is 14.6. The Labute approximate surface area is 122 Å². The first-order valence-electron chi connectivity index (χ1n) is 7.62. The smallest absolute Gasteiger partial charge is 0.0299 e. The second kappa shape index (κ2) is 8.47. The molecule has 2 nitrogen and oxygen atoms in total. The quantitative estimate of drug-likeness (QED) is 0.706. The summed E-state index contributed by atoms with van der Waals surface area (Å²) in [5, 5.41) is 0. The molecule has 2 aromatic rings. The van der Waals surface area contributed by atoms with Crippen LogP contribution in [0.2, 0.25) is 0 Å². The van der Waals surface area contributed by atoms with Gasteiger partial charge in [0, 0.05) is 24.8 Å². The molecule has 0 fully saturated rings. The Morgan fingerprint density at radius 2 is 1.35 bits per heavy atom. The number of nitrogens with zero attached hydrogens (tertiary/aromatic N) is 2. The topological polar surface area (TPSA) is 25.8 Å². The Balaban J connectivity index is 1.58. The first-order valence-corrected chi connectivity index (χ1v) is 7.62. The minimum atomic E-state index is 0.809. The van der Waals surface area contributed by atoms with E-state index in [0.717, 1.165) is 18.8 Å². The van der Waals surface area contributed by atoms with Crippen LogP contribution in [0.25, 0.3) is 0 Å². The van der Waals surface area contributed by atoms with Gasteiger partial charge < -0.3 is 0 Å². The number of rotatable bonds is 8. The molecule has 0 aliphatic heterocycles. The monoisotopic (exact) mass is 268 g/mol. The zero-order chi connectivity index (χ0) is 14.0. The molecule has 2 aromatic heterocycles. The van der Waals surface area contributed by atoms with Crippen LogP contribution in [0.15, 0.2) is 49.1 Å². The van der Waals surface area contributed by atoms with Crippen molar-refractivity contribution in [3.05, 3.63) is 60.2 Å². The van der Waals surface area contributed by atoms with Gasteiger partial charge in [0.05, 0.1) is 0 Å². The molecule has 2 heterocycles. The third-order valence-electron chi connectivity index (χ3n) is 3.77. The van der Waals surface area contributed by atoms with Gasteiger partial charge in [-0.1, -0.05) is 31.9 Å². The lowest BCUT2D eigenvalue weighted by molar-refractivity contribution is 0.459. The van der Waals surface area contributed by atoms with Gasteiger partial charge in [0.15, 0.2) is 0 Å². The van der Waals surface area contributed by atoms with Crippen LogP contribution in [0.5, 0.6) is 0 Å². The van der Waals surface area contributed by atoms with E-state index in [1.807, 2.05) is 36.9 Å². The third-order valence-corrected chi connectivity index (χ3v) is 3.77. The number of aryl methyl sites for hydroxylation is 2. The summed E-state index contributed by atoms with van der Waals surface area (Å²) in [7, 11) is 0. The largest absolute Gasteiger partial charge is 0.264 e. The van der Waals surface area contributed by atoms with Gasteiger partial charge in [-0.05, 0) is 54.9 Å². The molecule has 2 rings (SSSR count). The van der Waals surface area contributed by atoms with Crippen molar-refractivity contribution < 1.29 is 0 Å². The SMILES string of the molecule is CC(CCCc1cccnc1)CCCc1cccnc1. The van der Waals surface area contributed by atoms with E-state index < -0.39 is 0 Å². The summed E-state index contributed by atoms with van der Waals surface area (Å²) in [6, 6.07) is 8.37. The Bertz CT molecular complexity index is 422. The molecule has 0 unspecified atom stereocenters. The molecule has 0 N–H and O–H groups in total. The van der Waals surface area contributed by atoms with Crippen LogP contribution < -0.4 is 0 Å². The number of hydrogen-bond donors (Lipinski definition) is 0. The predicted octanol–water partition coefficient (Wildman–Crippen LogP) is 4.46.